The Bertz CT molecular complexity index is 1310. The summed E-state index contributed by atoms with van der Waals surface area (Å²) < 4.78 is 28.2. The van der Waals surface area contributed by atoms with Crippen molar-refractivity contribution in [2.75, 3.05) is 7.11 Å². The number of ether oxygens (including phenoxy) is 4. The molecule has 10 nitrogen and oxygen atoms in total. The smallest absolute Gasteiger partial charge is 0.354 e. The SMILES string of the molecule is CO[C@@H]1[C@H](O)[C@@H](O)[C@H](Oc2ccc3c(OCc4ccccc4)c(C(=O)O)c(=O)oc3c2C)OC1(C)C. The zero-order valence-electron chi connectivity index (χ0n) is 20.3. The number of aliphatic hydroxyl groups excluding tert-OH is 2. The number of carboxylic acid groups (broad SMARTS) is 1. The summed E-state index contributed by atoms with van der Waals surface area (Å²) in [6.45, 7) is 5.04. The Morgan fingerprint density at radius 1 is 1.08 bits per heavy atom. The van der Waals surface area contributed by atoms with E-state index in [2.05, 4.69) is 0 Å². The Kier molecular flexibility index (Phi) is 7.05. The van der Waals surface area contributed by atoms with E-state index >= 15 is 0 Å². The van der Waals surface area contributed by atoms with E-state index in [-0.39, 0.29) is 29.1 Å². The lowest BCUT2D eigenvalue weighted by molar-refractivity contribution is -0.306. The number of carbonyl (C=O) groups is 1. The molecule has 192 valence electrons. The van der Waals surface area contributed by atoms with Gasteiger partial charge in [0, 0.05) is 12.7 Å². The molecule has 0 saturated carbocycles. The van der Waals surface area contributed by atoms with E-state index in [9.17, 15) is 24.9 Å². The third kappa shape index (κ3) is 4.68. The monoisotopic (exact) mass is 500 g/mol. The predicted octanol–water partition coefficient (Wildman–Crippen LogP) is 2.63. The van der Waals surface area contributed by atoms with E-state index in [1.807, 2.05) is 30.3 Å². The van der Waals surface area contributed by atoms with E-state index in [0.29, 0.717) is 5.56 Å². The lowest BCUT2D eigenvalue weighted by Gasteiger charge is -2.46. The van der Waals surface area contributed by atoms with Gasteiger partial charge in [-0.2, -0.15) is 0 Å². The number of carboxylic acids is 1. The van der Waals surface area contributed by atoms with Gasteiger partial charge in [0.1, 0.15) is 36.3 Å². The Morgan fingerprint density at radius 2 is 1.78 bits per heavy atom. The zero-order chi connectivity index (χ0) is 26.2. The molecule has 36 heavy (non-hydrogen) atoms. The van der Waals surface area contributed by atoms with Gasteiger partial charge >= 0.3 is 11.6 Å². The average molecular weight is 501 g/mol. The number of fused-ring (bicyclic) bond motifs is 1. The molecule has 3 N–H and O–H groups in total. The van der Waals surface area contributed by atoms with Crippen LogP contribution in [-0.4, -0.2) is 58.6 Å². The van der Waals surface area contributed by atoms with Gasteiger partial charge in [-0.3, -0.25) is 0 Å². The van der Waals surface area contributed by atoms with Crippen molar-refractivity contribution in [2.24, 2.45) is 0 Å². The van der Waals surface area contributed by atoms with Crippen molar-refractivity contribution in [1.82, 2.24) is 0 Å². The largest absolute Gasteiger partial charge is 0.487 e. The molecule has 1 saturated heterocycles. The minimum absolute atomic E-state index is 0.0344. The van der Waals surface area contributed by atoms with Gasteiger partial charge in [0.25, 0.3) is 0 Å². The topological polar surface area (TPSA) is 145 Å². The summed E-state index contributed by atoms with van der Waals surface area (Å²) in [5.74, 6) is -1.40. The van der Waals surface area contributed by atoms with E-state index < -0.39 is 47.4 Å². The van der Waals surface area contributed by atoms with Crippen LogP contribution in [0, 0.1) is 6.92 Å². The van der Waals surface area contributed by atoms with Crippen molar-refractivity contribution in [3.05, 3.63) is 69.6 Å². The number of hydrogen-bond donors (Lipinski definition) is 3. The maximum Gasteiger partial charge on any atom is 0.354 e. The third-order valence-corrected chi connectivity index (χ3v) is 6.21. The first-order valence-corrected chi connectivity index (χ1v) is 11.3. The van der Waals surface area contributed by atoms with Crippen molar-refractivity contribution in [3.63, 3.8) is 0 Å². The highest BCUT2D eigenvalue weighted by Gasteiger charge is 2.50. The standard InChI is InChI=1S/C26H28O10/c1-13-16(34-25-19(28)18(27)22(32-4)26(2,3)36-25)11-10-15-20(13)35-24(31)17(23(29)30)21(15)33-12-14-8-6-5-7-9-14/h5-11,18-19,22,25,27-28H,12H2,1-4H3,(H,29,30)/t18-,19-,22-,25-/m1/s1. The van der Waals surface area contributed by atoms with Crippen LogP contribution in [0.2, 0.25) is 0 Å². The highest BCUT2D eigenvalue weighted by Crippen LogP contribution is 2.37. The van der Waals surface area contributed by atoms with Gasteiger partial charge in [-0.25, -0.2) is 9.59 Å². The molecule has 1 aliphatic rings. The van der Waals surface area contributed by atoms with Gasteiger partial charge < -0.3 is 38.7 Å². The van der Waals surface area contributed by atoms with E-state index in [1.54, 1.807) is 20.8 Å². The number of hydrogen-bond acceptors (Lipinski definition) is 9. The van der Waals surface area contributed by atoms with Gasteiger partial charge in [-0.05, 0) is 38.5 Å². The van der Waals surface area contributed by atoms with Crippen LogP contribution in [-0.2, 0) is 16.1 Å². The molecular formula is C26H28O10. The fourth-order valence-corrected chi connectivity index (χ4v) is 4.38. The molecule has 1 fully saturated rings. The zero-order valence-corrected chi connectivity index (χ0v) is 20.3. The summed E-state index contributed by atoms with van der Waals surface area (Å²) in [5, 5.41) is 31.0. The van der Waals surface area contributed by atoms with Crippen LogP contribution in [0.4, 0.5) is 0 Å². The molecule has 2 heterocycles. The van der Waals surface area contributed by atoms with Crippen LogP contribution in [0.25, 0.3) is 11.0 Å². The van der Waals surface area contributed by atoms with Crippen LogP contribution in [0.3, 0.4) is 0 Å². The number of rotatable bonds is 7. The maximum absolute atomic E-state index is 12.6. The Hall–Kier alpha value is -3.44. The molecule has 3 aromatic rings. The van der Waals surface area contributed by atoms with Gasteiger partial charge in [-0.15, -0.1) is 0 Å². The molecule has 10 heteroatoms. The number of aryl methyl sites for hydroxylation is 1. The first-order valence-electron chi connectivity index (χ1n) is 11.3. The van der Waals surface area contributed by atoms with Crippen molar-refractivity contribution < 1.29 is 43.5 Å². The van der Waals surface area contributed by atoms with Crippen molar-refractivity contribution in [3.8, 4) is 11.5 Å². The molecule has 0 unspecified atom stereocenters. The molecule has 4 atom stereocenters. The lowest BCUT2D eigenvalue weighted by Crippen LogP contribution is -2.63. The first kappa shape index (κ1) is 25.6. The molecule has 0 amide bonds. The second-order valence-electron chi connectivity index (χ2n) is 9.08. The van der Waals surface area contributed by atoms with Crippen molar-refractivity contribution in [1.29, 1.82) is 0 Å². The number of aromatic carboxylic acids is 1. The van der Waals surface area contributed by atoms with E-state index in [0.717, 1.165) is 5.56 Å². The van der Waals surface area contributed by atoms with E-state index in [4.69, 9.17) is 23.4 Å². The average Bonchev–Trinajstić information content (AvgIpc) is 2.83. The number of benzene rings is 2. The lowest BCUT2D eigenvalue weighted by atomic mass is 9.89. The van der Waals surface area contributed by atoms with Crippen LogP contribution < -0.4 is 15.1 Å². The molecule has 0 spiro atoms. The fraction of sp³-hybridized carbons (Fsp3) is 0.385. The van der Waals surface area contributed by atoms with Gasteiger partial charge in [0.05, 0.1) is 11.0 Å². The molecule has 2 aromatic carbocycles. The van der Waals surface area contributed by atoms with Gasteiger partial charge in [0.2, 0.25) is 6.29 Å². The quantitative estimate of drug-likeness (QED) is 0.414. The summed E-state index contributed by atoms with van der Waals surface area (Å²) in [5.41, 5.74) is -1.48. The first-order chi connectivity index (χ1) is 17.0. The number of methoxy groups -OCH3 is 1. The molecule has 1 aromatic heterocycles. The second-order valence-corrected chi connectivity index (χ2v) is 9.08. The van der Waals surface area contributed by atoms with Gasteiger partial charge in [0.15, 0.2) is 11.3 Å². The second kappa shape index (κ2) is 9.90. The van der Waals surface area contributed by atoms with Crippen LogP contribution in [0.1, 0.15) is 35.3 Å². The molecule has 0 bridgehead atoms. The van der Waals surface area contributed by atoms with Crippen LogP contribution in [0.5, 0.6) is 11.5 Å². The fourth-order valence-electron chi connectivity index (χ4n) is 4.38. The summed E-state index contributed by atoms with van der Waals surface area (Å²) in [7, 11) is 1.41. The van der Waals surface area contributed by atoms with Crippen LogP contribution >= 0.6 is 0 Å². The summed E-state index contributed by atoms with van der Waals surface area (Å²) in [4.78, 5) is 24.5. The van der Waals surface area contributed by atoms with Crippen LogP contribution in [0.15, 0.2) is 51.7 Å². The summed E-state index contributed by atoms with van der Waals surface area (Å²) >= 11 is 0. The molecule has 0 radical (unpaired) electrons. The molecular weight excluding hydrogens is 472 g/mol. The Balaban J connectivity index is 1.72. The van der Waals surface area contributed by atoms with Gasteiger partial charge in [-0.1, -0.05) is 30.3 Å². The normalized spacial score (nSPS) is 23.4. The molecule has 1 aliphatic heterocycles. The van der Waals surface area contributed by atoms with Crippen molar-refractivity contribution in [2.45, 2.75) is 57.6 Å². The summed E-state index contributed by atoms with van der Waals surface area (Å²) in [6.07, 6.45) is -4.75. The van der Waals surface area contributed by atoms with E-state index in [1.165, 1.54) is 19.2 Å². The summed E-state index contributed by atoms with van der Waals surface area (Å²) in [6, 6.07) is 12.1. The minimum atomic E-state index is -1.48. The number of aliphatic hydroxyl groups is 2. The Labute approximate surface area is 206 Å². The van der Waals surface area contributed by atoms with Crippen molar-refractivity contribution >= 4 is 16.9 Å². The third-order valence-electron chi connectivity index (χ3n) is 6.21. The highest BCUT2D eigenvalue weighted by molar-refractivity contribution is 5.99. The predicted molar refractivity (Wildman–Crippen MR) is 127 cm³/mol. The Morgan fingerprint density at radius 3 is 2.42 bits per heavy atom. The maximum atomic E-state index is 12.6. The highest BCUT2D eigenvalue weighted by atomic mass is 16.7. The molecule has 4 rings (SSSR count). The molecule has 0 aliphatic carbocycles. The minimum Gasteiger partial charge on any atom is -0.487 e.